The van der Waals surface area contributed by atoms with Gasteiger partial charge in [0, 0.05) is 12.4 Å². The minimum absolute atomic E-state index is 0.158. The van der Waals surface area contributed by atoms with Crippen LogP contribution in [0.5, 0.6) is 0 Å². The molecule has 0 radical (unpaired) electrons. The van der Waals surface area contributed by atoms with Gasteiger partial charge in [0.15, 0.2) is 5.65 Å². The van der Waals surface area contributed by atoms with E-state index in [0.717, 1.165) is 5.69 Å². The van der Waals surface area contributed by atoms with E-state index in [2.05, 4.69) is 25.0 Å². The molecule has 0 bridgehead atoms. The lowest BCUT2D eigenvalue weighted by atomic mass is 10.3. The van der Waals surface area contributed by atoms with Crippen LogP contribution in [-0.2, 0) is 0 Å². The van der Waals surface area contributed by atoms with Crippen molar-refractivity contribution in [3.63, 3.8) is 0 Å². The molecule has 7 nitrogen and oxygen atoms in total. The van der Waals surface area contributed by atoms with E-state index < -0.39 is 0 Å². The number of aromatic nitrogens is 6. The fourth-order valence-corrected chi connectivity index (χ4v) is 2.13. The van der Waals surface area contributed by atoms with Gasteiger partial charge in [-0.15, -0.1) is 0 Å². The van der Waals surface area contributed by atoms with Crippen molar-refractivity contribution in [1.82, 2.24) is 29.7 Å². The maximum Gasteiger partial charge on any atom is 0.262 e. The Bertz CT molecular complexity index is 920. The Morgan fingerprint density at radius 1 is 1.04 bits per heavy atom. The summed E-state index contributed by atoms with van der Waals surface area (Å²) in [6, 6.07) is 11.4. The number of nitrogens with one attached hydrogen (secondary N) is 1. The minimum Gasteiger partial charge on any atom is -0.312 e. The topological polar surface area (TPSA) is 89.4 Å². The van der Waals surface area contributed by atoms with E-state index >= 15 is 0 Å². The standard InChI is InChI=1S/C12H10N4O.C4H4N2/c1-8-10-11(13-7-14-12(10)17)16(15-8)9-5-3-2-4-6-9;1-2-5-4-6-3-1/h2-7H,1H3,(H,13,14,17);1-4H. The molecule has 23 heavy (non-hydrogen) atoms. The monoisotopic (exact) mass is 306 g/mol. The molecule has 4 rings (SSSR count). The van der Waals surface area contributed by atoms with Crippen LogP contribution in [0, 0.1) is 6.92 Å². The molecule has 0 atom stereocenters. The second kappa shape index (κ2) is 6.61. The molecule has 0 saturated heterocycles. The molecule has 0 aliphatic carbocycles. The summed E-state index contributed by atoms with van der Waals surface area (Å²) in [5, 5.41) is 4.89. The number of fused-ring (bicyclic) bond motifs is 1. The number of hydrogen-bond acceptors (Lipinski definition) is 5. The number of nitrogens with zero attached hydrogens (tertiary/aromatic N) is 5. The van der Waals surface area contributed by atoms with Crippen LogP contribution < -0.4 is 5.56 Å². The summed E-state index contributed by atoms with van der Waals surface area (Å²) in [7, 11) is 0. The van der Waals surface area contributed by atoms with E-state index in [1.165, 1.54) is 12.7 Å². The number of benzene rings is 1. The summed E-state index contributed by atoms with van der Waals surface area (Å²) in [6.07, 6.45) is 6.27. The van der Waals surface area contributed by atoms with Gasteiger partial charge >= 0.3 is 0 Å². The Balaban J connectivity index is 0.000000220. The highest BCUT2D eigenvalue weighted by Gasteiger charge is 2.12. The highest BCUT2D eigenvalue weighted by molar-refractivity contribution is 5.78. The van der Waals surface area contributed by atoms with Gasteiger partial charge in [0.05, 0.1) is 17.7 Å². The molecule has 0 saturated carbocycles. The number of H-pyrrole nitrogens is 1. The number of para-hydroxylation sites is 1. The third-order valence-electron chi connectivity index (χ3n) is 3.12. The first kappa shape index (κ1) is 14.6. The van der Waals surface area contributed by atoms with E-state index in [4.69, 9.17) is 0 Å². The predicted molar refractivity (Wildman–Crippen MR) is 86.3 cm³/mol. The van der Waals surface area contributed by atoms with Crippen LogP contribution in [0.15, 0.2) is 66.2 Å². The average Bonchev–Trinajstić information content (AvgIpc) is 2.96. The first-order valence-electron chi connectivity index (χ1n) is 6.96. The van der Waals surface area contributed by atoms with Crippen molar-refractivity contribution in [3.05, 3.63) is 77.5 Å². The number of rotatable bonds is 1. The lowest BCUT2D eigenvalue weighted by molar-refractivity contribution is 0.876. The lowest BCUT2D eigenvalue weighted by Crippen LogP contribution is -2.07. The molecule has 1 aromatic carbocycles. The van der Waals surface area contributed by atoms with Gasteiger partial charge < -0.3 is 4.98 Å². The van der Waals surface area contributed by atoms with Gasteiger partial charge in [-0.1, -0.05) is 18.2 Å². The van der Waals surface area contributed by atoms with Crippen molar-refractivity contribution in [2.75, 3.05) is 0 Å². The molecule has 0 fully saturated rings. The highest BCUT2D eigenvalue weighted by Crippen LogP contribution is 2.15. The van der Waals surface area contributed by atoms with Crippen LogP contribution in [0.1, 0.15) is 5.69 Å². The maximum absolute atomic E-state index is 11.7. The fourth-order valence-electron chi connectivity index (χ4n) is 2.13. The summed E-state index contributed by atoms with van der Waals surface area (Å²) in [6.45, 7) is 1.80. The zero-order chi connectivity index (χ0) is 16.1. The van der Waals surface area contributed by atoms with Gasteiger partial charge in [0.25, 0.3) is 5.56 Å². The molecular weight excluding hydrogens is 292 g/mol. The average molecular weight is 306 g/mol. The number of aryl methyl sites for hydroxylation is 1. The van der Waals surface area contributed by atoms with Crippen molar-refractivity contribution in [2.24, 2.45) is 0 Å². The van der Waals surface area contributed by atoms with Crippen LogP contribution in [0.2, 0.25) is 0 Å². The molecule has 3 heterocycles. The van der Waals surface area contributed by atoms with Crippen LogP contribution in [0.3, 0.4) is 0 Å². The Labute approximate surface area is 131 Å². The van der Waals surface area contributed by atoms with Gasteiger partial charge in [0.1, 0.15) is 11.7 Å². The zero-order valence-corrected chi connectivity index (χ0v) is 12.4. The molecule has 1 N–H and O–H groups in total. The Hall–Kier alpha value is -3.35. The fraction of sp³-hybridized carbons (Fsp3) is 0.0625. The van der Waals surface area contributed by atoms with Crippen molar-refractivity contribution in [1.29, 1.82) is 0 Å². The van der Waals surface area contributed by atoms with Crippen LogP contribution in [-0.4, -0.2) is 29.7 Å². The maximum atomic E-state index is 11.7. The predicted octanol–water partition coefficient (Wildman–Crippen LogP) is 1.89. The molecule has 7 heteroatoms. The first-order chi connectivity index (χ1) is 11.3. The Morgan fingerprint density at radius 3 is 2.39 bits per heavy atom. The molecule has 4 aromatic rings. The minimum atomic E-state index is -0.158. The van der Waals surface area contributed by atoms with Gasteiger partial charge in [0.2, 0.25) is 0 Å². The Morgan fingerprint density at radius 2 is 1.78 bits per heavy atom. The van der Waals surface area contributed by atoms with Crippen molar-refractivity contribution >= 4 is 11.0 Å². The van der Waals surface area contributed by atoms with Gasteiger partial charge in [-0.25, -0.2) is 19.6 Å². The third kappa shape index (κ3) is 3.13. The van der Waals surface area contributed by atoms with E-state index in [0.29, 0.717) is 16.7 Å². The van der Waals surface area contributed by atoms with Gasteiger partial charge in [-0.2, -0.15) is 5.10 Å². The van der Waals surface area contributed by atoms with Gasteiger partial charge in [-0.3, -0.25) is 4.79 Å². The molecule has 0 aliphatic rings. The smallest absolute Gasteiger partial charge is 0.262 e. The SMILES string of the molecule is Cc1nn(-c2ccccc2)c2nc[nH]c(=O)c12.c1cncnc1. The largest absolute Gasteiger partial charge is 0.312 e. The number of aromatic amines is 1. The summed E-state index contributed by atoms with van der Waals surface area (Å²) >= 11 is 0. The van der Waals surface area contributed by atoms with E-state index in [-0.39, 0.29) is 5.56 Å². The van der Waals surface area contributed by atoms with Crippen LogP contribution in [0.25, 0.3) is 16.7 Å². The summed E-state index contributed by atoms with van der Waals surface area (Å²) in [5.74, 6) is 0. The van der Waals surface area contributed by atoms with Crippen LogP contribution >= 0.6 is 0 Å². The van der Waals surface area contributed by atoms with Crippen molar-refractivity contribution in [3.8, 4) is 5.69 Å². The van der Waals surface area contributed by atoms with E-state index in [1.807, 2.05) is 30.3 Å². The summed E-state index contributed by atoms with van der Waals surface area (Å²) < 4.78 is 1.68. The van der Waals surface area contributed by atoms with Crippen molar-refractivity contribution < 1.29 is 0 Å². The molecule has 3 aromatic heterocycles. The van der Waals surface area contributed by atoms with E-state index in [1.54, 1.807) is 30.1 Å². The molecule has 0 amide bonds. The van der Waals surface area contributed by atoms with Crippen LogP contribution in [0.4, 0.5) is 0 Å². The molecule has 114 valence electrons. The third-order valence-corrected chi connectivity index (χ3v) is 3.12. The molecular formula is C16H14N6O. The summed E-state index contributed by atoms with van der Waals surface area (Å²) in [4.78, 5) is 25.8. The number of hydrogen-bond donors (Lipinski definition) is 1. The van der Waals surface area contributed by atoms with Gasteiger partial charge in [-0.05, 0) is 25.1 Å². The lowest BCUT2D eigenvalue weighted by Gasteiger charge is -2.00. The Kier molecular flexibility index (Phi) is 4.19. The highest BCUT2D eigenvalue weighted by atomic mass is 16.1. The molecule has 0 spiro atoms. The summed E-state index contributed by atoms with van der Waals surface area (Å²) in [5.41, 5.74) is 1.99. The van der Waals surface area contributed by atoms with Crippen molar-refractivity contribution in [2.45, 2.75) is 6.92 Å². The second-order valence-corrected chi connectivity index (χ2v) is 4.67. The quantitative estimate of drug-likeness (QED) is 0.580. The normalized spacial score (nSPS) is 10.1. The molecule has 0 aliphatic heterocycles. The van der Waals surface area contributed by atoms with E-state index in [9.17, 15) is 4.79 Å². The zero-order valence-electron chi connectivity index (χ0n) is 12.4. The molecule has 0 unspecified atom stereocenters. The second-order valence-electron chi connectivity index (χ2n) is 4.67. The first-order valence-corrected chi connectivity index (χ1v) is 6.96.